The molecule has 0 bridgehead atoms. The van der Waals surface area contributed by atoms with Crippen molar-refractivity contribution in [3.05, 3.63) is 94.5 Å². The van der Waals surface area contributed by atoms with Crippen molar-refractivity contribution in [2.45, 2.75) is 31.9 Å². The van der Waals surface area contributed by atoms with Crippen LogP contribution in [-0.2, 0) is 29.0 Å². The van der Waals surface area contributed by atoms with E-state index in [1.807, 2.05) is 54.6 Å². The average molecular weight is 545 g/mol. The highest BCUT2D eigenvalue weighted by Gasteiger charge is 2.35. The first-order valence-electron chi connectivity index (χ1n) is 12.9. The smallest absolute Gasteiger partial charge is 0.305 e. The molecule has 0 radical (unpaired) electrons. The number of benzene rings is 3. The number of carbonyl (C=O) groups excluding carboxylic acids is 2. The van der Waals surface area contributed by atoms with Crippen molar-refractivity contribution in [1.29, 1.82) is 0 Å². The molecule has 0 spiro atoms. The van der Waals surface area contributed by atoms with Crippen LogP contribution in [0.3, 0.4) is 0 Å². The number of nitrogens with zero attached hydrogens (tertiary/aromatic N) is 2. The Morgan fingerprint density at radius 2 is 1.77 bits per heavy atom. The minimum atomic E-state index is -1.15. The number of ether oxygens (including phenoxy) is 2. The quantitative estimate of drug-likeness (QED) is 0.181. The van der Waals surface area contributed by atoms with Gasteiger partial charge in [0.05, 0.1) is 19.7 Å². The summed E-state index contributed by atoms with van der Waals surface area (Å²) in [4.78, 5) is 39.3. The van der Waals surface area contributed by atoms with Gasteiger partial charge in [-0.25, -0.2) is 0 Å². The minimum absolute atomic E-state index is 0.225. The van der Waals surface area contributed by atoms with E-state index in [2.05, 4.69) is 10.4 Å². The number of fused-ring (bicyclic) bond motifs is 1. The number of carbonyl (C=O) groups is 3. The van der Waals surface area contributed by atoms with E-state index in [1.54, 1.807) is 25.5 Å². The largest absolute Gasteiger partial charge is 0.497 e. The third-order valence-corrected chi connectivity index (χ3v) is 6.72. The fraction of sp³-hybridized carbons (Fsp3) is 0.267. The average Bonchev–Trinajstić information content (AvgIpc) is 2.96. The molecule has 0 saturated heterocycles. The molecule has 0 fully saturated rings. The van der Waals surface area contributed by atoms with Gasteiger partial charge in [-0.2, -0.15) is 5.10 Å². The van der Waals surface area contributed by atoms with Gasteiger partial charge in [-0.1, -0.05) is 36.4 Å². The van der Waals surface area contributed by atoms with Gasteiger partial charge in [0.15, 0.2) is 0 Å². The van der Waals surface area contributed by atoms with Crippen LogP contribution in [0.5, 0.6) is 11.5 Å². The van der Waals surface area contributed by atoms with Crippen LogP contribution in [0.4, 0.5) is 0 Å². The number of nitrogens with one attached hydrogen (secondary N) is 1. The van der Waals surface area contributed by atoms with Gasteiger partial charge in [0.1, 0.15) is 24.1 Å². The van der Waals surface area contributed by atoms with Gasteiger partial charge in [0, 0.05) is 18.7 Å². The zero-order chi connectivity index (χ0) is 28.5. The molecule has 1 aliphatic rings. The lowest BCUT2D eigenvalue weighted by Crippen LogP contribution is -2.53. The molecule has 1 atom stereocenters. The Kier molecular flexibility index (Phi) is 9.35. The van der Waals surface area contributed by atoms with Crippen molar-refractivity contribution in [3.8, 4) is 11.5 Å². The van der Waals surface area contributed by atoms with Gasteiger partial charge < -0.3 is 30.6 Å². The highest BCUT2D eigenvalue weighted by atomic mass is 16.5. The fourth-order valence-corrected chi connectivity index (χ4v) is 4.57. The van der Waals surface area contributed by atoms with Crippen LogP contribution in [0.15, 0.2) is 71.8 Å². The third-order valence-electron chi connectivity index (χ3n) is 6.72. The molecule has 1 aliphatic heterocycles. The van der Waals surface area contributed by atoms with E-state index in [0.717, 1.165) is 28.0 Å². The Morgan fingerprint density at radius 3 is 2.45 bits per heavy atom. The van der Waals surface area contributed by atoms with Crippen molar-refractivity contribution in [2.75, 3.05) is 20.2 Å². The first kappa shape index (κ1) is 28.2. The van der Waals surface area contributed by atoms with Crippen molar-refractivity contribution in [3.63, 3.8) is 0 Å². The van der Waals surface area contributed by atoms with E-state index >= 15 is 0 Å². The molecule has 4 N–H and O–H groups in total. The number of methoxy groups -OCH3 is 1. The van der Waals surface area contributed by atoms with E-state index in [4.69, 9.17) is 15.3 Å². The summed E-state index contributed by atoms with van der Waals surface area (Å²) in [6.45, 7) is 0.878. The van der Waals surface area contributed by atoms with Crippen molar-refractivity contribution >= 4 is 24.0 Å². The maximum Gasteiger partial charge on any atom is 0.305 e. The molecular formula is C30H32N4O6. The summed E-state index contributed by atoms with van der Waals surface area (Å²) in [5, 5.41) is 15.8. The molecule has 10 nitrogen and oxygen atoms in total. The summed E-state index contributed by atoms with van der Waals surface area (Å²) in [5.41, 5.74) is 4.07. The van der Waals surface area contributed by atoms with Crippen LogP contribution in [-0.4, -0.2) is 60.2 Å². The van der Waals surface area contributed by atoms with Gasteiger partial charge in [-0.3, -0.25) is 14.4 Å². The Labute approximate surface area is 232 Å². The molecule has 10 heteroatoms. The van der Waals surface area contributed by atoms with Crippen LogP contribution < -0.4 is 20.6 Å². The monoisotopic (exact) mass is 544 g/mol. The van der Waals surface area contributed by atoms with Gasteiger partial charge in [0.25, 0.3) is 5.91 Å². The number of hydrazone groups is 1. The lowest BCUT2D eigenvalue weighted by molar-refractivity contribution is -0.141. The van der Waals surface area contributed by atoms with Crippen LogP contribution in [0.2, 0.25) is 0 Å². The first-order valence-corrected chi connectivity index (χ1v) is 12.9. The van der Waals surface area contributed by atoms with E-state index in [1.165, 1.54) is 4.90 Å². The number of aliphatic carboxylic acids is 1. The van der Waals surface area contributed by atoms with E-state index in [-0.39, 0.29) is 12.5 Å². The second kappa shape index (κ2) is 13.3. The number of hydrogen-bond acceptors (Lipinski definition) is 7. The summed E-state index contributed by atoms with van der Waals surface area (Å²) >= 11 is 0. The maximum absolute atomic E-state index is 13.4. The summed E-state index contributed by atoms with van der Waals surface area (Å²) < 4.78 is 11.1. The fourth-order valence-electron chi connectivity index (χ4n) is 4.57. The van der Waals surface area contributed by atoms with Gasteiger partial charge in [0.2, 0.25) is 5.91 Å². The van der Waals surface area contributed by atoms with Crippen molar-refractivity contribution in [1.82, 2.24) is 10.2 Å². The van der Waals surface area contributed by atoms with Crippen molar-refractivity contribution in [2.24, 2.45) is 10.9 Å². The molecule has 3 aromatic rings. The first-order chi connectivity index (χ1) is 19.4. The Balaban J connectivity index is 1.38. The molecule has 208 valence electrons. The highest BCUT2D eigenvalue weighted by Crippen LogP contribution is 2.26. The number of carboxylic acid groups (broad SMARTS) is 1. The Bertz CT molecular complexity index is 1370. The SMILES string of the molecule is COc1ccc(CCNC(=O)C(CC(=O)O)N2CCc3cc(OCc4ccc(C=NN)cc4)ccc3C2=O)cc1. The zero-order valence-corrected chi connectivity index (χ0v) is 22.2. The second-order valence-corrected chi connectivity index (χ2v) is 9.38. The second-order valence-electron chi connectivity index (χ2n) is 9.38. The molecule has 0 aliphatic carbocycles. The molecule has 0 aromatic heterocycles. The van der Waals surface area contributed by atoms with Crippen LogP contribution in [0.1, 0.15) is 39.0 Å². The normalized spacial score (nSPS) is 13.5. The molecule has 1 unspecified atom stereocenters. The molecule has 3 aromatic carbocycles. The molecule has 1 heterocycles. The lowest BCUT2D eigenvalue weighted by Gasteiger charge is -2.34. The predicted octanol–water partition coefficient (Wildman–Crippen LogP) is 2.77. The Morgan fingerprint density at radius 1 is 1.07 bits per heavy atom. The maximum atomic E-state index is 13.4. The molecule has 40 heavy (non-hydrogen) atoms. The van der Waals surface area contributed by atoms with Gasteiger partial charge >= 0.3 is 5.97 Å². The number of rotatable bonds is 12. The Hall–Kier alpha value is -4.86. The van der Waals surface area contributed by atoms with E-state index in [0.29, 0.717) is 37.3 Å². The van der Waals surface area contributed by atoms with Gasteiger partial charge in [-0.15, -0.1) is 0 Å². The summed E-state index contributed by atoms with van der Waals surface area (Å²) in [7, 11) is 1.59. The third kappa shape index (κ3) is 7.16. The van der Waals surface area contributed by atoms with E-state index < -0.39 is 24.3 Å². The summed E-state index contributed by atoms with van der Waals surface area (Å²) in [6, 6.07) is 19.2. The summed E-state index contributed by atoms with van der Waals surface area (Å²) in [6.07, 6.45) is 2.11. The molecule has 2 amide bonds. The summed E-state index contributed by atoms with van der Waals surface area (Å²) in [5.74, 6) is 4.51. The molecule has 4 rings (SSSR count). The lowest BCUT2D eigenvalue weighted by atomic mass is 9.96. The number of nitrogens with two attached hydrogens (primary N) is 1. The molecule has 0 saturated carbocycles. The standard InChI is InChI=1S/C30H32N4O6/c1-39-24-8-6-20(7-9-24)12-14-32-29(37)27(17-28(35)36)34-15-13-23-16-25(10-11-26(23)30(34)38)40-19-22-4-2-21(3-5-22)18-33-31/h2-11,16,18,27H,12-15,17,19,31H2,1H3,(H,32,37)(H,35,36). The van der Waals surface area contributed by atoms with Crippen LogP contribution in [0, 0.1) is 0 Å². The predicted molar refractivity (Wildman–Crippen MR) is 149 cm³/mol. The molecular weight excluding hydrogens is 512 g/mol. The highest BCUT2D eigenvalue weighted by molar-refractivity contribution is 6.00. The van der Waals surface area contributed by atoms with E-state index in [9.17, 15) is 19.5 Å². The van der Waals surface area contributed by atoms with Gasteiger partial charge in [-0.05, 0) is 65.4 Å². The topological polar surface area (TPSA) is 144 Å². The zero-order valence-electron chi connectivity index (χ0n) is 22.2. The van der Waals surface area contributed by atoms with Crippen LogP contribution in [0.25, 0.3) is 0 Å². The van der Waals surface area contributed by atoms with Crippen LogP contribution >= 0.6 is 0 Å². The minimum Gasteiger partial charge on any atom is -0.497 e. The number of amides is 2. The number of hydrogen-bond donors (Lipinski definition) is 3. The number of carboxylic acids is 1. The van der Waals surface area contributed by atoms with Crippen molar-refractivity contribution < 1.29 is 29.0 Å².